The number of nitrogens with one attached hydrogen (secondary N) is 1. The lowest BCUT2D eigenvalue weighted by Gasteiger charge is -2.11. The molecule has 110 valence electrons. The number of hydrogen-bond acceptors (Lipinski definition) is 3. The first-order valence-corrected chi connectivity index (χ1v) is 6.91. The van der Waals surface area contributed by atoms with E-state index in [1.807, 2.05) is 40.9 Å². The van der Waals surface area contributed by atoms with Gasteiger partial charge in [0.2, 0.25) is 0 Å². The minimum atomic E-state index is -0.153. The van der Waals surface area contributed by atoms with Gasteiger partial charge in [-0.15, -0.1) is 0 Å². The molecular formula is C17H14N2O3. The van der Waals surface area contributed by atoms with Crippen molar-refractivity contribution in [1.29, 1.82) is 0 Å². The lowest BCUT2D eigenvalue weighted by Crippen LogP contribution is -2.11. The molecule has 4 aromatic rings. The van der Waals surface area contributed by atoms with Crippen LogP contribution in [0.3, 0.4) is 0 Å². The number of hydrogen-bond donors (Lipinski definition) is 1. The number of aromatic nitrogens is 2. The Hall–Kier alpha value is -2.95. The maximum absolute atomic E-state index is 12.6. The van der Waals surface area contributed by atoms with Gasteiger partial charge in [-0.3, -0.25) is 4.79 Å². The molecule has 0 aliphatic heterocycles. The Morgan fingerprint density at radius 1 is 0.955 bits per heavy atom. The normalized spacial score (nSPS) is 11.4. The van der Waals surface area contributed by atoms with E-state index in [1.165, 1.54) is 0 Å². The monoisotopic (exact) mass is 294 g/mol. The van der Waals surface area contributed by atoms with E-state index < -0.39 is 0 Å². The first-order valence-electron chi connectivity index (χ1n) is 6.91. The molecule has 4 rings (SSSR count). The van der Waals surface area contributed by atoms with Crippen LogP contribution in [0.5, 0.6) is 11.5 Å². The quantitative estimate of drug-likeness (QED) is 0.618. The van der Waals surface area contributed by atoms with Crippen molar-refractivity contribution in [1.82, 2.24) is 9.38 Å². The van der Waals surface area contributed by atoms with Gasteiger partial charge in [-0.1, -0.05) is 24.3 Å². The minimum Gasteiger partial charge on any atom is -0.494 e. The summed E-state index contributed by atoms with van der Waals surface area (Å²) in [5, 5.41) is 1.92. The van der Waals surface area contributed by atoms with E-state index in [4.69, 9.17) is 9.47 Å². The lowest BCUT2D eigenvalue weighted by molar-refractivity contribution is 0.408. The van der Waals surface area contributed by atoms with Crippen molar-refractivity contribution < 1.29 is 9.47 Å². The molecule has 0 amide bonds. The summed E-state index contributed by atoms with van der Waals surface area (Å²) >= 11 is 0. The lowest BCUT2D eigenvalue weighted by atomic mass is 10.2. The van der Waals surface area contributed by atoms with Crippen LogP contribution in [0.1, 0.15) is 0 Å². The van der Waals surface area contributed by atoms with Crippen LogP contribution >= 0.6 is 0 Å². The first kappa shape index (κ1) is 12.8. The largest absolute Gasteiger partial charge is 0.494 e. The van der Waals surface area contributed by atoms with Crippen LogP contribution in [0, 0.1) is 0 Å². The van der Waals surface area contributed by atoms with Crippen molar-refractivity contribution in [2.75, 3.05) is 14.2 Å². The zero-order valence-corrected chi connectivity index (χ0v) is 12.2. The summed E-state index contributed by atoms with van der Waals surface area (Å²) in [4.78, 5) is 15.5. The summed E-state index contributed by atoms with van der Waals surface area (Å²) in [5.74, 6) is 1.28. The van der Waals surface area contributed by atoms with Gasteiger partial charge in [-0.25, -0.2) is 0 Å². The fraction of sp³-hybridized carbons (Fsp3) is 0.118. The predicted molar refractivity (Wildman–Crippen MR) is 86.1 cm³/mol. The van der Waals surface area contributed by atoms with Crippen molar-refractivity contribution in [3.05, 3.63) is 52.9 Å². The highest BCUT2D eigenvalue weighted by molar-refractivity contribution is 6.01. The van der Waals surface area contributed by atoms with E-state index in [1.54, 1.807) is 20.3 Å². The highest BCUT2D eigenvalue weighted by Crippen LogP contribution is 2.33. The number of aromatic amines is 1. The SMILES string of the molecule is COc1ccc(OC)c2c1[nH]c(=O)c1c3ccccc3cn21. The number of rotatable bonds is 2. The molecule has 0 atom stereocenters. The van der Waals surface area contributed by atoms with E-state index in [0.29, 0.717) is 22.5 Å². The van der Waals surface area contributed by atoms with Gasteiger partial charge in [-0.05, 0) is 12.1 Å². The Morgan fingerprint density at radius 2 is 1.68 bits per heavy atom. The summed E-state index contributed by atoms with van der Waals surface area (Å²) in [6.07, 6.45) is 1.95. The third-order valence-corrected chi connectivity index (χ3v) is 3.96. The van der Waals surface area contributed by atoms with Crippen molar-refractivity contribution in [3.63, 3.8) is 0 Å². The number of H-pyrrole nitrogens is 1. The Kier molecular flexibility index (Phi) is 2.63. The van der Waals surface area contributed by atoms with Gasteiger partial charge >= 0.3 is 0 Å². The highest BCUT2D eigenvalue weighted by Gasteiger charge is 2.16. The second kappa shape index (κ2) is 4.53. The van der Waals surface area contributed by atoms with Crippen LogP contribution in [0.15, 0.2) is 47.4 Å². The number of fused-ring (bicyclic) bond motifs is 5. The topological polar surface area (TPSA) is 55.7 Å². The van der Waals surface area contributed by atoms with Crippen molar-refractivity contribution in [2.45, 2.75) is 0 Å². The van der Waals surface area contributed by atoms with Crippen molar-refractivity contribution >= 4 is 27.3 Å². The maximum atomic E-state index is 12.6. The molecule has 0 spiro atoms. The third-order valence-electron chi connectivity index (χ3n) is 3.96. The molecule has 0 saturated heterocycles. The van der Waals surface area contributed by atoms with Crippen molar-refractivity contribution in [3.8, 4) is 11.5 Å². The summed E-state index contributed by atoms with van der Waals surface area (Å²) in [6.45, 7) is 0. The Labute approximate surface area is 125 Å². The molecule has 2 aromatic carbocycles. The Bertz CT molecular complexity index is 1080. The molecule has 5 heteroatoms. The fourth-order valence-corrected chi connectivity index (χ4v) is 2.99. The summed E-state index contributed by atoms with van der Waals surface area (Å²) in [5.41, 5.74) is 1.86. The molecule has 1 N–H and O–H groups in total. The zero-order chi connectivity index (χ0) is 15.3. The molecule has 0 aliphatic rings. The molecule has 0 radical (unpaired) electrons. The molecule has 2 heterocycles. The van der Waals surface area contributed by atoms with Crippen molar-refractivity contribution in [2.24, 2.45) is 0 Å². The minimum absolute atomic E-state index is 0.153. The maximum Gasteiger partial charge on any atom is 0.273 e. The number of nitrogens with zero attached hydrogens (tertiary/aromatic N) is 1. The molecule has 22 heavy (non-hydrogen) atoms. The van der Waals surface area contributed by atoms with Gasteiger partial charge in [0.1, 0.15) is 28.0 Å². The fourth-order valence-electron chi connectivity index (χ4n) is 2.99. The van der Waals surface area contributed by atoms with Gasteiger partial charge < -0.3 is 18.9 Å². The van der Waals surface area contributed by atoms with Gasteiger partial charge in [0.25, 0.3) is 5.56 Å². The zero-order valence-electron chi connectivity index (χ0n) is 12.2. The standard InChI is InChI=1S/C17H14N2O3/c1-21-12-7-8-13(22-2)16-14(12)18-17(20)15-11-6-4-3-5-10(11)9-19(15)16/h3-9H,1-2H3,(H,18,20). The van der Waals surface area contributed by atoms with Gasteiger partial charge in [0.05, 0.1) is 14.2 Å². The van der Waals surface area contributed by atoms with E-state index in [-0.39, 0.29) is 5.56 Å². The smallest absolute Gasteiger partial charge is 0.273 e. The van der Waals surface area contributed by atoms with E-state index in [0.717, 1.165) is 16.3 Å². The Balaban J connectivity index is 2.35. The molecule has 0 bridgehead atoms. The second-order valence-corrected chi connectivity index (χ2v) is 5.08. The summed E-state index contributed by atoms with van der Waals surface area (Å²) in [6, 6.07) is 11.4. The highest BCUT2D eigenvalue weighted by atomic mass is 16.5. The Morgan fingerprint density at radius 3 is 2.45 bits per heavy atom. The van der Waals surface area contributed by atoms with Gasteiger partial charge in [0, 0.05) is 17.0 Å². The van der Waals surface area contributed by atoms with E-state index >= 15 is 0 Å². The van der Waals surface area contributed by atoms with Crippen LogP contribution in [0.2, 0.25) is 0 Å². The molecule has 0 fully saturated rings. The molecule has 0 unspecified atom stereocenters. The summed E-state index contributed by atoms with van der Waals surface area (Å²) in [7, 11) is 3.19. The molecular weight excluding hydrogens is 280 g/mol. The number of methoxy groups -OCH3 is 2. The van der Waals surface area contributed by atoms with Gasteiger partial charge in [0.15, 0.2) is 0 Å². The number of benzene rings is 2. The van der Waals surface area contributed by atoms with Crippen LogP contribution in [0.25, 0.3) is 27.3 Å². The summed E-state index contributed by atoms with van der Waals surface area (Å²) < 4.78 is 12.7. The average molecular weight is 294 g/mol. The molecule has 5 nitrogen and oxygen atoms in total. The predicted octanol–water partition coefficient (Wildman–Crippen LogP) is 2.95. The van der Waals surface area contributed by atoms with Crippen LogP contribution in [-0.4, -0.2) is 23.6 Å². The number of ether oxygens (including phenoxy) is 2. The molecule has 2 aromatic heterocycles. The molecule has 0 saturated carbocycles. The van der Waals surface area contributed by atoms with Crippen LogP contribution in [-0.2, 0) is 0 Å². The second-order valence-electron chi connectivity index (χ2n) is 5.08. The first-order chi connectivity index (χ1) is 10.7. The van der Waals surface area contributed by atoms with Crippen LogP contribution < -0.4 is 15.0 Å². The van der Waals surface area contributed by atoms with Crippen LogP contribution in [0.4, 0.5) is 0 Å². The van der Waals surface area contributed by atoms with E-state index in [9.17, 15) is 4.79 Å². The average Bonchev–Trinajstić information content (AvgIpc) is 2.94. The van der Waals surface area contributed by atoms with E-state index in [2.05, 4.69) is 4.98 Å². The van der Waals surface area contributed by atoms with Gasteiger partial charge in [-0.2, -0.15) is 0 Å². The third kappa shape index (κ3) is 1.56. The molecule has 0 aliphatic carbocycles.